The summed E-state index contributed by atoms with van der Waals surface area (Å²) < 4.78 is 13.4. The summed E-state index contributed by atoms with van der Waals surface area (Å²) in [6.45, 7) is 1.21. The highest BCUT2D eigenvalue weighted by Gasteiger charge is 2.34. The highest BCUT2D eigenvalue weighted by Crippen LogP contribution is 2.32. The van der Waals surface area contributed by atoms with E-state index in [1.165, 1.54) is 17.0 Å². The molecule has 1 aromatic rings. The van der Waals surface area contributed by atoms with Gasteiger partial charge in [-0.25, -0.2) is 9.18 Å². The van der Waals surface area contributed by atoms with Gasteiger partial charge in [-0.1, -0.05) is 12.1 Å². The van der Waals surface area contributed by atoms with Crippen LogP contribution in [-0.2, 0) is 4.79 Å². The number of amides is 3. The number of imide groups is 1. The summed E-state index contributed by atoms with van der Waals surface area (Å²) >= 11 is 0. The second-order valence-electron chi connectivity index (χ2n) is 5.66. The third-order valence-electron chi connectivity index (χ3n) is 4.16. The van der Waals surface area contributed by atoms with Crippen molar-refractivity contribution in [3.8, 4) is 0 Å². The van der Waals surface area contributed by atoms with E-state index in [0.717, 1.165) is 5.56 Å². The Bertz CT molecular complexity index is 579. The van der Waals surface area contributed by atoms with E-state index in [0.29, 0.717) is 19.5 Å². The van der Waals surface area contributed by atoms with Crippen LogP contribution >= 0.6 is 0 Å². The van der Waals surface area contributed by atoms with E-state index in [1.54, 1.807) is 6.07 Å². The molecule has 7 heteroatoms. The number of carbonyl (C=O) groups is 2. The van der Waals surface area contributed by atoms with Crippen LogP contribution in [0.3, 0.4) is 0 Å². The summed E-state index contributed by atoms with van der Waals surface area (Å²) in [6.07, 6.45) is 0.0280. The fourth-order valence-corrected chi connectivity index (χ4v) is 3.10. The van der Waals surface area contributed by atoms with Crippen molar-refractivity contribution in [3.63, 3.8) is 0 Å². The average Bonchev–Trinajstić information content (AvgIpc) is 3.00. The molecule has 2 aliphatic heterocycles. The van der Waals surface area contributed by atoms with Gasteiger partial charge >= 0.3 is 6.03 Å². The monoisotopic (exact) mass is 307 g/mol. The molecule has 0 unspecified atom stereocenters. The molecule has 0 saturated carbocycles. The molecule has 0 aromatic heterocycles. The number of rotatable bonds is 4. The number of aliphatic hydroxyl groups is 1. The number of β-amino-alcohol motifs (C(OH)–C–C–N with tert-alkyl or cyclic N) is 1. The van der Waals surface area contributed by atoms with Gasteiger partial charge in [0.2, 0.25) is 5.91 Å². The quantitative estimate of drug-likeness (QED) is 0.794. The molecule has 2 N–H and O–H groups in total. The predicted molar refractivity (Wildman–Crippen MR) is 76.4 cm³/mol. The highest BCUT2D eigenvalue weighted by molar-refractivity contribution is 6.01. The van der Waals surface area contributed by atoms with Crippen molar-refractivity contribution in [2.24, 2.45) is 0 Å². The fourth-order valence-electron chi connectivity index (χ4n) is 3.10. The molecular weight excluding hydrogens is 289 g/mol. The van der Waals surface area contributed by atoms with Gasteiger partial charge < -0.3 is 10.4 Å². The summed E-state index contributed by atoms with van der Waals surface area (Å²) in [4.78, 5) is 26.3. The van der Waals surface area contributed by atoms with Crippen molar-refractivity contribution in [1.29, 1.82) is 0 Å². The average molecular weight is 307 g/mol. The minimum Gasteiger partial charge on any atom is -0.392 e. The topological polar surface area (TPSA) is 72.9 Å². The molecular formula is C15H18FN3O3. The van der Waals surface area contributed by atoms with Crippen LogP contribution in [0, 0.1) is 5.82 Å². The zero-order valence-electron chi connectivity index (χ0n) is 12.0. The molecule has 0 radical (unpaired) electrons. The van der Waals surface area contributed by atoms with Crippen LogP contribution in [0.2, 0.25) is 0 Å². The Balaban J connectivity index is 1.69. The van der Waals surface area contributed by atoms with Gasteiger partial charge in [0.1, 0.15) is 5.82 Å². The van der Waals surface area contributed by atoms with Crippen LogP contribution in [0.5, 0.6) is 0 Å². The van der Waals surface area contributed by atoms with Crippen molar-refractivity contribution < 1.29 is 19.1 Å². The summed E-state index contributed by atoms with van der Waals surface area (Å²) in [6, 6.07) is 5.83. The Hall–Kier alpha value is -1.99. The molecule has 2 heterocycles. The maximum Gasteiger partial charge on any atom is 0.324 e. The molecule has 2 aliphatic rings. The number of urea groups is 1. The van der Waals surface area contributed by atoms with E-state index < -0.39 is 6.10 Å². The van der Waals surface area contributed by atoms with E-state index in [4.69, 9.17) is 0 Å². The van der Waals surface area contributed by atoms with Gasteiger partial charge in [0, 0.05) is 25.7 Å². The van der Waals surface area contributed by atoms with E-state index >= 15 is 0 Å². The number of nitrogens with zero attached hydrogens (tertiary/aromatic N) is 2. The summed E-state index contributed by atoms with van der Waals surface area (Å²) in [7, 11) is 0. The van der Waals surface area contributed by atoms with Gasteiger partial charge in [-0.2, -0.15) is 0 Å². The van der Waals surface area contributed by atoms with Gasteiger partial charge in [0.25, 0.3) is 0 Å². The first-order valence-corrected chi connectivity index (χ1v) is 7.30. The number of halogens is 1. The molecule has 0 spiro atoms. The highest BCUT2D eigenvalue weighted by atomic mass is 19.1. The summed E-state index contributed by atoms with van der Waals surface area (Å²) in [5.74, 6) is -0.556. The lowest BCUT2D eigenvalue weighted by molar-refractivity contribution is -0.125. The van der Waals surface area contributed by atoms with Crippen LogP contribution in [0.25, 0.3) is 0 Å². The van der Waals surface area contributed by atoms with E-state index in [-0.39, 0.29) is 36.9 Å². The molecule has 2 atom stereocenters. The molecule has 118 valence electrons. The van der Waals surface area contributed by atoms with Gasteiger partial charge in [-0.05, 0) is 24.1 Å². The fraction of sp³-hybridized carbons (Fsp3) is 0.467. The van der Waals surface area contributed by atoms with Gasteiger partial charge in [0.15, 0.2) is 0 Å². The van der Waals surface area contributed by atoms with Crippen molar-refractivity contribution in [3.05, 3.63) is 35.6 Å². The number of hydrogen-bond acceptors (Lipinski definition) is 4. The summed E-state index contributed by atoms with van der Waals surface area (Å²) in [5.41, 5.74) is 0.800. The molecule has 1 aromatic carbocycles. The SMILES string of the molecule is O=C1CNC(=O)N1CCN1C[C@@H](O)C[C@@H]1c1cccc(F)c1. The number of aliphatic hydroxyl groups excluding tert-OH is 1. The van der Waals surface area contributed by atoms with Crippen molar-refractivity contribution >= 4 is 11.9 Å². The Kier molecular flexibility index (Phi) is 4.08. The first kappa shape index (κ1) is 14.9. The maximum atomic E-state index is 13.4. The number of likely N-dealkylation sites (tertiary alicyclic amines) is 1. The molecule has 3 rings (SSSR count). The Morgan fingerprint density at radius 1 is 1.32 bits per heavy atom. The van der Waals surface area contributed by atoms with Crippen LogP contribution in [-0.4, -0.2) is 59.1 Å². The molecule has 3 amide bonds. The lowest BCUT2D eigenvalue weighted by atomic mass is 10.0. The third kappa shape index (κ3) is 2.95. The van der Waals surface area contributed by atoms with E-state index in [1.807, 2.05) is 11.0 Å². The van der Waals surface area contributed by atoms with E-state index in [2.05, 4.69) is 5.32 Å². The van der Waals surface area contributed by atoms with Crippen molar-refractivity contribution in [1.82, 2.24) is 15.1 Å². The van der Waals surface area contributed by atoms with E-state index in [9.17, 15) is 19.1 Å². The lowest BCUT2D eigenvalue weighted by Gasteiger charge is -2.26. The normalized spacial score (nSPS) is 25.8. The largest absolute Gasteiger partial charge is 0.392 e. The first-order valence-electron chi connectivity index (χ1n) is 7.30. The standard InChI is InChI=1S/C15H18FN3O3/c16-11-3-1-2-10(6-11)13-7-12(20)9-18(13)4-5-19-14(21)8-17-15(19)22/h1-3,6,12-13,20H,4-5,7-9H2,(H,17,22)/t12-,13+/m0/s1. The van der Waals surface area contributed by atoms with Crippen LogP contribution in [0.1, 0.15) is 18.0 Å². The maximum absolute atomic E-state index is 13.4. The molecule has 22 heavy (non-hydrogen) atoms. The summed E-state index contributed by atoms with van der Waals surface area (Å²) in [5, 5.41) is 12.4. The molecule has 2 fully saturated rings. The lowest BCUT2D eigenvalue weighted by Crippen LogP contribution is -2.39. The molecule has 6 nitrogen and oxygen atoms in total. The predicted octanol–water partition coefficient (Wildman–Crippen LogP) is 0.485. The zero-order chi connectivity index (χ0) is 15.7. The van der Waals surface area contributed by atoms with Gasteiger partial charge in [-0.3, -0.25) is 14.6 Å². The second-order valence-corrected chi connectivity index (χ2v) is 5.66. The van der Waals surface area contributed by atoms with Crippen LogP contribution in [0.4, 0.5) is 9.18 Å². The molecule has 0 bridgehead atoms. The Labute approximate surface area is 127 Å². The van der Waals surface area contributed by atoms with Crippen LogP contribution in [0.15, 0.2) is 24.3 Å². The van der Waals surface area contributed by atoms with Gasteiger partial charge in [-0.15, -0.1) is 0 Å². The smallest absolute Gasteiger partial charge is 0.324 e. The second kappa shape index (κ2) is 6.02. The van der Waals surface area contributed by atoms with Crippen molar-refractivity contribution in [2.45, 2.75) is 18.6 Å². The van der Waals surface area contributed by atoms with Crippen molar-refractivity contribution in [2.75, 3.05) is 26.2 Å². The Morgan fingerprint density at radius 3 is 2.82 bits per heavy atom. The number of carbonyl (C=O) groups excluding carboxylic acids is 2. The number of hydrogen-bond donors (Lipinski definition) is 2. The third-order valence-corrected chi connectivity index (χ3v) is 4.16. The molecule has 2 saturated heterocycles. The number of nitrogens with one attached hydrogen (secondary N) is 1. The van der Waals surface area contributed by atoms with Crippen LogP contribution < -0.4 is 5.32 Å². The number of benzene rings is 1. The minimum atomic E-state index is -0.489. The first-order chi connectivity index (χ1) is 10.5. The van der Waals surface area contributed by atoms with Gasteiger partial charge in [0.05, 0.1) is 12.6 Å². The Morgan fingerprint density at radius 2 is 2.14 bits per heavy atom. The molecule has 0 aliphatic carbocycles. The zero-order valence-corrected chi connectivity index (χ0v) is 12.0. The minimum absolute atomic E-state index is 0.0365.